The van der Waals surface area contributed by atoms with E-state index >= 15 is 0 Å². The van der Waals surface area contributed by atoms with E-state index in [1.165, 1.54) is 5.56 Å². The van der Waals surface area contributed by atoms with Crippen molar-refractivity contribution in [3.8, 4) is 0 Å². The van der Waals surface area contributed by atoms with E-state index in [-0.39, 0.29) is 11.8 Å². The standard InChI is InChI=1S/C18H20N2O/c1-13-6-8-14(9-7-13)12-20-18(21)16-10-11-19-17-5-3-2-4-15(16)17/h2-9,16,19H,10-12H2,1H3,(H,20,21). The number of carbonyl (C=O) groups excluding carboxylic acids is 1. The molecule has 0 spiro atoms. The highest BCUT2D eigenvalue weighted by Crippen LogP contribution is 2.31. The third-order valence-electron chi connectivity index (χ3n) is 3.99. The highest BCUT2D eigenvalue weighted by Gasteiger charge is 2.25. The van der Waals surface area contributed by atoms with Crippen LogP contribution >= 0.6 is 0 Å². The zero-order valence-electron chi connectivity index (χ0n) is 12.2. The Balaban J connectivity index is 1.68. The number of hydrogen-bond acceptors (Lipinski definition) is 2. The number of fused-ring (bicyclic) bond motifs is 1. The smallest absolute Gasteiger partial charge is 0.227 e. The topological polar surface area (TPSA) is 41.1 Å². The molecule has 1 aliphatic heterocycles. The summed E-state index contributed by atoms with van der Waals surface area (Å²) in [5.41, 5.74) is 4.55. The summed E-state index contributed by atoms with van der Waals surface area (Å²) in [4.78, 5) is 12.5. The van der Waals surface area contributed by atoms with Crippen LogP contribution in [0.3, 0.4) is 0 Å². The van der Waals surface area contributed by atoms with Gasteiger partial charge >= 0.3 is 0 Å². The molecule has 2 aromatic carbocycles. The first-order valence-corrected chi connectivity index (χ1v) is 7.40. The lowest BCUT2D eigenvalue weighted by Gasteiger charge is -2.25. The summed E-state index contributed by atoms with van der Waals surface area (Å²) >= 11 is 0. The fraction of sp³-hybridized carbons (Fsp3) is 0.278. The average Bonchev–Trinajstić information content (AvgIpc) is 2.53. The third kappa shape index (κ3) is 3.07. The van der Waals surface area contributed by atoms with Crippen molar-refractivity contribution in [1.82, 2.24) is 5.32 Å². The second-order valence-electron chi connectivity index (χ2n) is 5.56. The first kappa shape index (κ1) is 13.7. The molecule has 0 aromatic heterocycles. The Morgan fingerprint density at radius 3 is 2.76 bits per heavy atom. The van der Waals surface area contributed by atoms with Crippen LogP contribution in [0.2, 0.25) is 0 Å². The van der Waals surface area contributed by atoms with Gasteiger partial charge in [0.1, 0.15) is 0 Å². The molecule has 3 heteroatoms. The third-order valence-corrected chi connectivity index (χ3v) is 3.99. The molecular weight excluding hydrogens is 260 g/mol. The first-order valence-electron chi connectivity index (χ1n) is 7.40. The maximum absolute atomic E-state index is 12.5. The molecule has 1 atom stereocenters. The van der Waals surface area contributed by atoms with Crippen LogP contribution < -0.4 is 10.6 Å². The summed E-state index contributed by atoms with van der Waals surface area (Å²) in [6.07, 6.45) is 0.844. The van der Waals surface area contributed by atoms with Crippen LogP contribution in [0.4, 0.5) is 5.69 Å². The molecular formula is C18H20N2O. The maximum Gasteiger partial charge on any atom is 0.227 e. The van der Waals surface area contributed by atoms with Crippen LogP contribution in [0.25, 0.3) is 0 Å². The van der Waals surface area contributed by atoms with Crippen LogP contribution in [-0.2, 0) is 11.3 Å². The van der Waals surface area contributed by atoms with E-state index in [2.05, 4.69) is 41.8 Å². The SMILES string of the molecule is Cc1ccc(CNC(=O)C2CCNc3ccccc32)cc1. The van der Waals surface area contributed by atoms with Gasteiger partial charge in [0, 0.05) is 18.8 Å². The highest BCUT2D eigenvalue weighted by atomic mass is 16.1. The zero-order chi connectivity index (χ0) is 14.7. The molecule has 108 valence electrons. The van der Waals surface area contributed by atoms with Crippen molar-refractivity contribution in [3.05, 3.63) is 65.2 Å². The Labute approximate surface area is 125 Å². The van der Waals surface area contributed by atoms with E-state index in [1.807, 2.05) is 24.3 Å². The van der Waals surface area contributed by atoms with Crippen LogP contribution in [0.5, 0.6) is 0 Å². The highest BCUT2D eigenvalue weighted by molar-refractivity contribution is 5.86. The van der Waals surface area contributed by atoms with Crippen LogP contribution in [0.1, 0.15) is 29.0 Å². The molecule has 1 aliphatic rings. The van der Waals surface area contributed by atoms with Crippen molar-refractivity contribution in [2.45, 2.75) is 25.8 Å². The Hall–Kier alpha value is -2.29. The maximum atomic E-state index is 12.5. The van der Waals surface area contributed by atoms with Gasteiger partial charge in [-0.3, -0.25) is 4.79 Å². The van der Waals surface area contributed by atoms with E-state index in [0.717, 1.165) is 29.8 Å². The van der Waals surface area contributed by atoms with Crippen LogP contribution in [0.15, 0.2) is 48.5 Å². The first-order chi connectivity index (χ1) is 10.2. The molecule has 0 fully saturated rings. The number of aryl methyl sites for hydroxylation is 1. The molecule has 3 rings (SSSR count). The molecule has 3 nitrogen and oxygen atoms in total. The minimum Gasteiger partial charge on any atom is -0.385 e. The summed E-state index contributed by atoms with van der Waals surface area (Å²) in [6.45, 7) is 3.50. The lowest BCUT2D eigenvalue weighted by Crippen LogP contribution is -2.32. The number of rotatable bonds is 3. The molecule has 0 radical (unpaired) electrons. The van der Waals surface area contributed by atoms with Crippen LogP contribution in [-0.4, -0.2) is 12.5 Å². The van der Waals surface area contributed by atoms with E-state index in [1.54, 1.807) is 0 Å². The second-order valence-corrected chi connectivity index (χ2v) is 5.56. The summed E-state index contributed by atoms with van der Waals surface area (Å²) in [6, 6.07) is 16.3. The monoisotopic (exact) mass is 280 g/mol. The normalized spacial score (nSPS) is 16.7. The summed E-state index contributed by atoms with van der Waals surface area (Å²) < 4.78 is 0. The number of para-hydroxylation sites is 1. The van der Waals surface area contributed by atoms with Gasteiger partial charge in [-0.15, -0.1) is 0 Å². The van der Waals surface area contributed by atoms with E-state index in [0.29, 0.717) is 6.54 Å². The molecule has 1 unspecified atom stereocenters. The Morgan fingerprint density at radius 2 is 1.95 bits per heavy atom. The molecule has 0 bridgehead atoms. The van der Waals surface area contributed by atoms with Gasteiger partial charge in [-0.1, -0.05) is 48.0 Å². The largest absolute Gasteiger partial charge is 0.385 e. The molecule has 2 aromatic rings. The summed E-state index contributed by atoms with van der Waals surface area (Å²) in [5.74, 6) is 0.0671. The molecule has 2 N–H and O–H groups in total. The Bertz CT molecular complexity index is 634. The number of hydrogen-bond donors (Lipinski definition) is 2. The number of benzene rings is 2. The molecule has 0 saturated carbocycles. The van der Waals surface area contributed by atoms with Gasteiger partial charge < -0.3 is 10.6 Å². The van der Waals surface area contributed by atoms with E-state index in [4.69, 9.17) is 0 Å². The van der Waals surface area contributed by atoms with Gasteiger partial charge in [0.25, 0.3) is 0 Å². The van der Waals surface area contributed by atoms with Crippen molar-refractivity contribution in [2.75, 3.05) is 11.9 Å². The lowest BCUT2D eigenvalue weighted by molar-refractivity contribution is -0.122. The summed E-state index contributed by atoms with van der Waals surface area (Å²) in [7, 11) is 0. The Morgan fingerprint density at radius 1 is 1.19 bits per heavy atom. The second kappa shape index (κ2) is 6.00. The van der Waals surface area contributed by atoms with E-state index in [9.17, 15) is 4.79 Å². The lowest BCUT2D eigenvalue weighted by atomic mass is 9.90. The predicted molar refractivity (Wildman–Crippen MR) is 85.3 cm³/mol. The van der Waals surface area contributed by atoms with Gasteiger partial charge in [0.05, 0.1) is 5.92 Å². The quantitative estimate of drug-likeness (QED) is 0.906. The van der Waals surface area contributed by atoms with Gasteiger partial charge in [-0.05, 0) is 30.5 Å². The van der Waals surface area contributed by atoms with E-state index < -0.39 is 0 Å². The molecule has 1 amide bonds. The van der Waals surface area contributed by atoms with Crippen molar-refractivity contribution in [1.29, 1.82) is 0 Å². The van der Waals surface area contributed by atoms with Crippen LogP contribution in [0, 0.1) is 6.92 Å². The van der Waals surface area contributed by atoms with Gasteiger partial charge in [0.2, 0.25) is 5.91 Å². The molecule has 0 aliphatic carbocycles. The zero-order valence-corrected chi connectivity index (χ0v) is 12.2. The average molecular weight is 280 g/mol. The van der Waals surface area contributed by atoms with Crippen molar-refractivity contribution in [3.63, 3.8) is 0 Å². The number of nitrogens with one attached hydrogen (secondary N) is 2. The number of carbonyl (C=O) groups is 1. The molecule has 21 heavy (non-hydrogen) atoms. The number of amides is 1. The number of anilines is 1. The van der Waals surface area contributed by atoms with Gasteiger partial charge in [-0.2, -0.15) is 0 Å². The fourth-order valence-electron chi connectivity index (χ4n) is 2.76. The molecule has 1 heterocycles. The fourth-order valence-corrected chi connectivity index (χ4v) is 2.76. The summed E-state index contributed by atoms with van der Waals surface area (Å²) in [5, 5.41) is 6.41. The minimum atomic E-state index is -0.0482. The molecule has 0 saturated heterocycles. The van der Waals surface area contributed by atoms with Crippen molar-refractivity contribution in [2.24, 2.45) is 0 Å². The van der Waals surface area contributed by atoms with Gasteiger partial charge in [-0.25, -0.2) is 0 Å². The van der Waals surface area contributed by atoms with Crippen molar-refractivity contribution >= 4 is 11.6 Å². The Kier molecular flexibility index (Phi) is 3.91. The minimum absolute atomic E-state index is 0.0482. The van der Waals surface area contributed by atoms with Crippen molar-refractivity contribution < 1.29 is 4.79 Å². The van der Waals surface area contributed by atoms with Gasteiger partial charge in [0.15, 0.2) is 0 Å². The predicted octanol–water partition coefficient (Wildman–Crippen LogP) is 3.21.